The zero-order valence-corrected chi connectivity index (χ0v) is 5.36. The van der Waals surface area contributed by atoms with E-state index in [4.69, 9.17) is 5.73 Å². The summed E-state index contributed by atoms with van der Waals surface area (Å²) in [6.07, 6.45) is 5.33. The van der Waals surface area contributed by atoms with Crippen LogP contribution < -0.4 is 11.1 Å². The number of hydrogen-bond acceptors (Lipinski definition) is 4. The number of fused-ring (bicyclic) bond motifs is 1. The van der Waals surface area contributed by atoms with Crippen molar-refractivity contribution in [3.8, 4) is 0 Å². The standard InChI is InChI=1S/C6H8N4/c7-6-5-4(1-2-8-6)9-3-10-5/h1-5H,(H2,7,8)(H,9,10)/t4-,5-/m1/s1. The van der Waals surface area contributed by atoms with Crippen LogP contribution in [0.15, 0.2) is 22.3 Å². The number of rotatable bonds is 0. The number of nitrogens with two attached hydrogens (primary N) is 1. The third kappa shape index (κ3) is 0.618. The number of amidine groups is 1. The number of nitrogens with zero attached hydrogens (tertiary/aromatic N) is 2. The van der Waals surface area contributed by atoms with E-state index < -0.39 is 0 Å². The van der Waals surface area contributed by atoms with E-state index in [2.05, 4.69) is 15.3 Å². The van der Waals surface area contributed by atoms with E-state index in [0.717, 1.165) is 0 Å². The van der Waals surface area contributed by atoms with Gasteiger partial charge >= 0.3 is 0 Å². The van der Waals surface area contributed by atoms with E-state index in [0.29, 0.717) is 5.84 Å². The molecule has 0 aromatic heterocycles. The summed E-state index contributed by atoms with van der Waals surface area (Å²) >= 11 is 0. The third-order valence-corrected chi connectivity index (χ3v) is 1.66. The van der Waals surface area contributed by atoms with E-state index in [9.17, 15) is 0 Å². The average Bonchev–Trinajstić information content (AvgIpc) is 2.36. The van der Waals surface area contributed by atoms with Gasteiger partial charge in [-0.05, 0) is 6.08 Å². The van der Waals surface area contributed by atoms with Gasteiger partial charge in [0.05, 0.1) is 12.4 Å². The van der Waals surface area contributed by atoms with Crippen LogP contribution in [0.1, 0.15) is 0 Å². The van der Waals surface area contributed by atoms with Crippen LogP contribution in [0.4, 0.5) is 0 Å². The first-order chi connectivity index (χ1) is 4.88. The molecule has 0 aromatic carbocycles. The highest BCUT2D eigenvalue weighted by atomic mass is 15.1. The topological polar surface area (TPSA) is 62.8 Å². The molecule has 2 heterocycles. The van der Waals surface area contributed by atoms with Crippen molar-refractivity contribution in [1.82, 2.24) is 5.32 Å². The number of aliphatic imine (C=N–C) groups is 2. The monoisotopic (exact) mass is 136 g/mol. The summed E-state index contributed by atoms with van der Waals surface area (Å²) in [6, 6.07) is 0.266. The van der Waals surface area contributed by atoms with Gasteiger partial charge in [0.1, 0.15) is 11.9 Å². The van der Waals surface area contributed by atoms with Crippen LogP contribution in [0.5, 0.6) is 0 Å². The Morgan fingerprint density at radius 3 is 3.30 bits per heavy atom. The van der Waals surface area contributed by atoms with Crippen molar-refractivity contribution in [1.29, 1.82) is 0 Å². The smallest absolute Gasteiger partial charge is 0.132 e. The van der Waals surface area contributed by atoms with Gasteiger partial charge in [-0.3, -0.25) is 4.99 Å². The molecule has 2 aliphatic rings. The fraction of sp³-hybridized carbons (Fsp3) is 0.333. The summed E-state index contributed by atoms with van der Waals surface area (Å²) in [5.41, 5.74) is 5.56. The van der Waals surface area contributed by atoms with Gasteiger partial charge in [-0.2, -0.15) is 0 Å². The summed E-state index contributed by atoms with van der Waals surface area (Å²) in [7, 11) is 0. The van der Waals surface area contributed by atoms with E-state index >= 15 is 0 Å². The maximum atomic E-state index is 5.56. The molecule has 2 rings (SSSR count). The molecule has 2 atom stereocenters. The summed E-state index contributed by atoms with van der Waals surface area (Å²) in [5, 5.41) is 3.05. The summed E-state index contributed by atoms with van der Waals surface area (Å²) in [4.78, 5) is 8.03. The van der Waals surface area contributed by atoms with Gasteiger partial charge in [0.2, 0.25) is 0 Å². The minimum Gasteiger partial charge on any atom is -0.385 e. The lowest BCUT2D eigenvalue weighted by atomic mass is 10.1. The highest BCUT2D eigenvalue weighted by Crippen LogP contribution is 2.09. The van der Waals surface area contributed by atoms with E-state index in [1.807, 2.05) is 6.08 Å². The molecule has 0 radical (unpaired) electrons. The second-order valence-corrected chi connectivity index (χ2v) is 2.31. The fourth-order valence-electron chi connectivity index (χ4n) is 1.11. The molecule has 4 nitrogen and oxygen atoms in total. The van der Waals surface area contributed by atoms with Crippen molar-refractivity contribution in [3.05, 3.63) is 12.3 Å². The van der Waals surface area contributed by atoms with Crippen molar-refractivity contribution < 1.29 is 0 Å². The molecular formula is C6H8N4. The van der Waals surface area contributed by atoms with Crippen LogP contribution in [0.2, 0.25) is 0 Å². The Morgan fingerprint density at radius 2 is 2.50 bits per heavy atom. The second kappa shape index (κ2) is 1.83. The third-order valence-electron chi connectivity index (χ3n) is 1.66. The molecule has 0 fully saturated rings. The van der Waals surface area contributed by atoms with Gasteiger partial charge < -0.3 is 11.1 Å². The first-order valence-corrected chi connectivity index (χ1v) is 3.15. The number of hydrogen-bond donors (Lipinski definition) is 2. The zero-order valence-electron chi connectivity index (χ0n) is 5.36. The summed E-state index contributed by atoms with van der Waals surface area (Å²) in [5.74, 6) is 0.591. The second-order valence-electron chi connectivity index (χ2n) is 2.31. The molecule has 0 saturated carbocycles. The van der Waals surface area contributed by atoms with Crippen LogP contribution in [0.25, 0.3) is 0 Å². The average molecular weight is 136 g/mol. The fourth-order valence-corrected chi connectivity index (χ4v) is 1.11. The van der Waals surface area contributed by atoms with E-state index in [-0.39, 0.29) is 12.1 Å². The quantitative estimate of drug-likeness (QED) is 0.459. The molecule has 0 aromatic rings. The Bertz CT molecular complexity index is 228. The largest absolute Gasteiger partial charge is 0.385 e. The Labute approximate surface area is 58.5 Å². The minimum atomic E-state index is 0.0324. The lowest BCUT2D eigenvalue weighted by Crippen LogP contribution is -2.40. The predicted octanol–water partition coefficient (Wildman–Crippen LogP) is -0.760. The van der Waals surface area contributed by atoms with Crippen LogP contribution in [0.3, 0.4) is 0 Å². The van der Waals surface area contributed by atoms with Gasteiger partial charge in [0.15, 0.2) is 0 Å². The molecule has 52 valence electrons. The van der Waals surface area contributed by atoms with Crippen molar-refractivity contribution >= 4 is 12.2 Å². The Hall–Kier alpha value is -1.32. The van der Waals surface area contributed by atoms with Gasteiger partial charge in [-0.15, -0.1) is 0 Å². The first-order valence-electron chi connectivity index (χ1n) is 3.15. The molecule has 0 aliphatic carbocycles. The van der Waals surface area contributed by atoms with Crippen molar-refractivity contribution in [2.24, 2.45) is 15.7 Å². The SMILES string of the molecule is NC1=NC=C[C@H]2NC=N[C@@H]12. The first kappa shape index (κ1) is 5.46. The molecule has 0 spiro atoms. The van der Waals surface area contributed by atoms with Crippen LogP contribution >= 0.6 is 0 Å². The lowest BCUT2D eigenvalue weighted by molar-refractivity contribution is 0.714. The van der Waals surface area contributed by atoms with Crippen molar-refractivity contribution in [2.45, 2.75) is 12.1 Å². The van der Waals surface area contributed by atoms with Gasteiger partial charge in [-0.1, -0.05) is 0 Å². The van der Waals surface area contributed by atoms with Crippen LogP contribution in [0, 0.1) is 0 Å². The zero-order chi connectivity index (χ0) is 6.97. The Morgan fingerprint density at radius 1 is 1.60 bits per heavy atom. The molecule has 3 N–H and O–H groups in total. The lowest BCUT2D eigenvalue weighted by Gasteiger charge is -2.16. The minimum absolute atomic E-state index is 0.0324. The van der Waals surface area contributed by atoms with Crippen LogP contribution in [-0.4, -0.2) is 24.3 Å². The molecule has 0 saturated heterocycles. The number of nitrogens with one attached hydrogen (secondary N) is 1. The van der Waals surface area contributed by atoms with Crippen molar-refractivity contribution in [3.63, 3.8) is 0 Å². The highest BCUT2D eigenvalue weighted by Gasteiger charge is 2.26. The van der Waals surface area contributed by atoms with Crippen LogP contribution in [-0.2, 0) is 0 Å². The molecule has 4 heteroatoms. The maximum absolute atomic E-state index is 5.56. The van der Waals surface area contributed by atoms with Gasteiger partial charge in [0, 0.05) is 6.20 Å². The van der Waals surface area contributed by atoms with Crippen molar-refractivity contribution in [2.75, 3.05) is 0 Å². The highest BCUT2D eigenvalue weighted by molar-refractivity contribution is 5.91. The molecular weight excluding hydrogens is 128 g/mol. The Balaban J connectivity index is 2.30. The normalized spacial score (nSPS) is 35.0. The summed E-state index contributed by atoms with van der Waals surface area (Å²) < 4.78 is 0. The van der Waals surface area contributed by atoms with E-state index in [1.165, 1.54) is 0 Å². The molecule has 0 unspecified atom stereocenters. The maximum Gasteiger partial charge on any atom is 0.132 e. The molecule has 10 heavy (non-hydrogen) atoms. The van der Waals surface area contributed by atoms with Gasteiger partial charge in [-0.25, -0.2) is 4.99 Å². The molecule has 0 amide bonds. The van der Waals surface area contributed by atoms with E-state index in [1.54, 1.807) is 12.5 Å². The Kier molecular flexibility index (Phi) is 1.00. The summed E-state index contributed by atoms with van der Waals surface area (Å²) in [6.45, 7) is 0. The molecule has 2 aliphatic heterocycles. The van der Waals surface area contributed by atoms with Gasteiger partial charge in [0.25, 0.3) is 0 Å². The molecule has 0 bridgehead atoms. The predicted molar refractivity (Wildman–Crippen MR) is 40.0 cm³/mol.